The summed E-state index contributed by atoms with van der Waals surface area (Å²) in [5.74, 6) is 0.814. The zero-order valence-electron chi connectivity index (χ0n) is 11.4. The third-order valence-electron chi connectivity index (χ3n) is 3.71. The van der Waals surface area contributed by atoms with E-state index in [1.165, 1.54) is 7.11 Å². The Kier molecular flexibility index (Phi) is 4.37. The van der Waals surface area contributed by atoms with Crippen LogP contribution >= 0.6 is 0 Å². The molecule has 2 heterocycles. The van der Waals surface area contributed by atoms with Gasteiger partial charge in [0.05, 0.1) is 18.8 Å². The zero-order valence-corrected chi connectivity index (χ0v) is 11.4. The fourth-order valence-corrected chi connectivity index (χ4v) is 2.45. The van der Waals surface area contributed by atoms with Crippen molar-refractivity contribution in [2.45, 2.75) is 25.9 Å². The number of methoxy groups -OCH3 is 1. The zero-order chi connectivity index (χ0) is 13.8. The van der Waals surface area contributed by atoms with Gasteiger partial charge in [-0.2, -0.15) is 0 Å². The van der Waals surface area contributed by atoms with E-state index in [4.69, 9.17) is 4.74 Å². The van der Waals surface area contributed by atoms with E-state index in [1.807, 2.05) is 6.92 Å². The molecule has 1 atom stereocenters. The van der Waals surface area contributed by atoms with Crippen molar-refractivity contribution in [3.8, 4) is 0 Å². The molecule has 0 aromatic carbocycles. The number of nitrogens with zero attached hydrogens (tertiary/aromatic N) is 2. The van der Waals surface area contributed by atoms with Crippen LogP contribution in [-0.4, -0.2) is 42.4 Å². The Labute approximate surface area is 113 Å². The number of esters is 1. The summed E-state index contributed by atoms with van der Waals surface area (Å²) in [6.45, 7) is 3.55. The van der Waals surface area contributed by atoms with Gasteiger partial charge in [-0.15, -0.1) is 0 Å². The van der Waals surface area contributed by atoms with Gasteiger partial charge < -0.3 is 14.7 Å². The lowest BCUT2D eigenvalue weighted by Crippen LogP contribution is -2.37. The molecular formula is C14H20N2O3. The molecule has 1 fully saturated rings. The third kappa shape index (κ3) is 3.23. The predicted molar refractivity (Wildman–Crippen MR) is 72.2 cm³/mol. The third-order valence-corrected chi connectivity index (χ3v) is 3.71. The molecule has 1 N–H and O–H groups in total. The van der Waals surface area contributed by atoms with Gasteiger partial charge >= 0.3 is 5.97 Å². The lowest BCUT2D eigenvalue weighted by molar-refractivity contribution is 0.0600. The van der Waals surface area contributed by atoms with Crippen molar-refractivity contribution in [3.63, 3.8) is 0 Å². The molecule has 0 bridgehead atoms. The number of ether oxygens (including phenoxy) is 1. The fourth-order valence-electron chi connectivity index (χ4n) is 2.45. The average molecular weight is 264 g/mol. The summed E-state index contributed by atoms with van der Waals surface area (Å²) >= 11 is 0. The van der Waals surface area contributed by atoms with Crippen LogP contribution in [0.3, 0.4) is 0 Å². The molecule has 2 rings (SSSR count). The molecule has 0 radical (unpaired) electrons. The first kappa shape index (κ1) is 13.8. The van der Waals surface area contributed by atoms with Gasteiger partial charge in [-0.1, -0.05) is 0 Å². The number of aromatic nitrogens is 1. The molecule has 5 nitrogen and oxygen atoms in total. The molecule has 0 amide bonds. The number of piperidine rings is 1. The number of rotatable bonds is 3. The van der Waals surface area contributed by atoms with Gasteiger partial charge in [0.25, 0.3) is 0 Å². The number of aliphatic hydroxyl groups excluding tert-OH is 1. The van der Waals surface area contributed by atoms with Crippen LogP contribution in [-0.2, 0) is 4.74 Å². The van der Waals surface area contributed by atoms with Crippen LogP contribution in [0.25, 0.3) is 0 Å². The molecule has 1 aromatic heterocycles. The molecule has 5 heteroatoms. The smallest absolute Gasteiger partial charge is 0.338 e. The summed E-state index contributed by atoms with van der Waals surface area (Å²) in [6, 6.07) is 3.41. The summed E-state index contributed by atoms with van der Waals surface area (Å²) in [6.07, 6.45) is 3.27. The largest absolute Gasteiger partial charge is 0.465 e. The highest BCUT2D eigenvalue weighted by atomic mass is 16.5. The van der Waals surface area contributed by atoms with E-state index in [0.29, 0.717) is 11.5 Å². The first-order valence-electron chi connectivity index (χ1n) is 6.59. The second-order valence-corrected chi connectivity index (χ2v) is 4.96. The van der Waals surface area contributed by atoms with Crippen molar-refractivity contribution in [1.29, 1.82) is 0 Å². The Balaban J connectivity index is 2.05. The number of hydrogen-bond acceptors (Lipinski definition) is 5. The molecular weight excluding hydrogens is 244 g/mol. The quantitative estimate of drug-likeness (QED) is 0.838. The van der Waals surface area contributed by atoms with Gasteiger partial charge in [0.2, 0.25) is 0 Å². The van der Waals surface area contributed by atoms with Gasteiger partial charge in [0, 0.05) is 19.3 Å². The van der Waals surface area contributed by atoms with Gasteiger partial charge in [0.1, 0.15) is 5.82 Å². The maximum absolute atomic E-state index is 11.5. The first-order chi connectivity index (χ1) is 9.11. The highest BCUT2D eigenvalue weighted by molar-refractivity contribution is 5.90. The second kappa shape index (κ2) is 6.02. The standard InChI is InChI=1S/C14H20N2O3/c1-10(17)11-4-7-16(8-5-11)13-9-12(3-6-15-13)14(18)19-2/h3,6,9-11,17H,4-5,7-8H2,1-2H3. The minimum Gasteiger partial charge on any atom is -0.465 e. The Morgan fingerprint density at radius 1 is 1.53 bits per heavy atom. The van der Waals surface area contributed by atoms with Gasteiger partial charge in [-0.3, -0.25) is 0 Å². The number of pyridine rings is 1. The molecule has 0 spiro atoms. The van der Waals surface area contributed by atoms with Crippen molar-refractivity contribution in [3.05, 3.63) is 23.9 Å². The summed E-state index contributed by atoms with van der Waals surface area (Å²) in [4.78, 5) is 17.9. The molecule has 1 saturated heterocycles. The molecule has 1 aromatic rings. The Bertz CT molecular complexity index is 440. The average Bonchev–Trinajstić information content (AvgIpc) is 2.46. The van der Waals surface area contributed by atoms with Crippen LogP contribution in [0.2, 0.25) is 0 Å². The highest BCUT2D eigenvalue weighted by Crippen LogP contribution is 2.24. The minimum atomic E-state index is -0.345. The summed E-state index contributed by atoms with van der Waals surface area (Å²) < 4.78 is 4.71. The van der Waals surface area contributed by atoms with Crippen molar-refractivity contribution in [2.75, 3.05) is 25.1 Å². The van der Waals surface area contributed by atoms with Crippen LogP contribution in [0.4, 0.5) is 5.82 Å². The van der Waals surface area contributed by atoms with Crippen LogP contribution in [0, 0.1) is 5.92 Å². The Morgan fingerprint density at radius 2 is 2.21 bits per heavy atom. The molecule has 19 heavy (non-hydrogen) atoms. The number of carbonyl (C=O) groups excluding carboxylic acids is 1. The van der Waals surface area contributed by atoms with E-state index in [9.17, 15) is 9.90 Å². The van der Waals surface area contributed by atoms with Gasteiger partial charge in [-0.25, -0.2) is 9.78 Å². The molecule has 1 unspecified atom stereocenters. The molecule has 0 saturated carbocycles. The minimum absolute atomic E-state index is 0.253. The van der Waals surface area contributed by atoms with E-state index in [2.05, 4.69) is 9.88 Å². The maximum atomic E-state index is 11.5. The van der Waals surface area contributed by atoms with E-state index >= 15 is 0 Å². The number of carbonyl (C=O) groups is 1. The van der Waals surface area contributed by atoms with Crippen molar-refractivity contribution < 1.29 is 14.6 Å². The lowest BCUT2D eigenvalue weighted by atomic mass is 9.92. The SMILES string of the molecule is COC(=O)c1ccnc(N2CCC(C(C)O)CC2)c1. The van der Waals surface area contributed by atoms with Crippen molar-refractivity contribution in [1.82, 2.24) is 4.98 Å². The Hall–Kier alpha value is -1.62. The van der Waals surface area contributed by atoms with Gasteiger partial charge in [0.15, 0.2) is 0 Å². The predicted octanol–water partition coefficient (Wildman–Crippen LogP) is 1.47. The fraction of sp³-hybridized carbons (Fsp3) is 0.571. The van der Waals surface area contributed by atoms with Gasteiger partial charge in [-0.05, 0) is 37.8 Å². The molecule has 1 aliphatic rings. The number of anilines is 1. The Morgan fingerprint density at radius 3 is 2.79 bits per heavy atom. The summed E-state index contributed by atoms with van der Waals surface area (Å²) in [5.41, 5.74) is 0.519. The van der Waals surface area contributed by atoms with E-state index < -0.39 is 0 Å². The highest BCUT2D eigenvalue weighted by Gasteiger charge is 2.23. The van der Waals surface area contributed by atoms with Crippen LogP contribution in [0.15, 0.2) is 18.3 Å². The normalized spacial score (nSPS) is 18.2. The van der Waals surface area contributed by atoms with E-state index in [-0.39, 0.29) is 12.1 Å². The maximum Gasteiger partial charge on any atom is 0.338 e. The van der Waals surface area contributed by atoms with E-state index in [0.717, 1.165) is 31.7 Å². The second-order valence-electron chi connectivity index (χ2n) is 4.96. The van der Waals surface area contributed by atoms with E-state index in [1.54, 1.807) is 18.3 Å². The lowest BCUT2D eigenvalue weighted by Gasteiger charge is -2.34. The molecule has 104 valence electrons. The van der Waals surface area contributed by atoms with Crippen LogP contribution in [0.5, 0.6) is 0 Å². The molecule has 0 aliphatic carbocycles. The van der Waals surface area contributed by atoms with Crippen LogP contribution in [0.1, 0.15) is 30.1 Å². The van der Waals surface area contributed by atoms with Crippen molar-refractivity contribution >= 4 is 11.8 Å². The van der Waals surface area contributed by atoms with Crippen molar-refractivity contribution in [2.24, 2.45) is 5.92 Å². The first-order valence-corrected chi connectivity index (χ1v) is 6.59. The summed E-state index contributed by atoms with van der Waals surface area (Å²) in [7, 11) is 1.37. The monoisotopic (exact) mass is 264 g/mol. The topological polar surface area (TPSA) is 62.7 Å². The molecule has 1 aliphatic heterocycles. The number of aliphatic hydroxyl groups is 1. The van der Waals surface area contributed by atoms with Crippen LogP contribution < -0.4 is 4.90 Å². The summed E-state index contributed by atoms with van der Waals surface area (Å²) in [5, 5.41) is 9.59. The number of hydrogen-bond donors (Lipinski definition) is 1.